The second kappa shape index (κ2) is 8.82. The first-order valence-corrected chi connectivity index (χ1v) is 9.75. The molecular weight excluding hydrogens is 372 g/mol. The number of urea groups is 1. The van der Waals surface area contributed by atoms with Crippen molar-refractivity contribution in [2.75, 3.05) is 18.5 Å². The van der Waals surface area contributed by atoms with Gasteiger partial charge in [-0.1, -0.05) is 0 Å². The average molecular weight is 396 g/mol. The minimum absolute atomic E-state index is 0.0653. The Kier molecular flexibility index (Phi) is 5.80. The Hall–Kier alpha value is -3.27. The van der Waals surface area contributed by atoms with E-state index < -0.39 is 0 Å². The fourth-order valence-electron chi connectivity index (χ4n) is 3.53. The van der Waals surface area contributed by atoms with E-state index in [1.165, 1.54) is 4.68 Å². The molecule has 2 N–H and O–H groups in total. The summed E-state index contributed by atoms with van der Waals surface area (Å²) in [5.74, 6) is 0.632. The standard InChI is InChI=1S/C19H24N8O2/c1-2-26-16(6-9-23-26)17-14(5-3-10-29-17)11-22-19(28)25-15-12-24-27(13-15)18-20-7-4-8-21-18/h4,6-9,12-14,17H,2-3,5,10-11H2,1H3,(H2,22,25,28)/t14-,17+/m0/s1. The number of ether oxygens (including phenoxy) is 1. The molecule has 10 heteroatoms. The number of anilines is 1. The lowest BCUT2D eigenvalue weighted by Gasteiger charge is -2.32. The van der Waals surface area contributed by atoms with Crippen LogP contribution in [0.3, 0.4) is 0 Å². The van der Waals surface area contributed by atoms with E-state index in [-0.39, 0.29) is 18.1 Å². The van der Waals surface area contributed by atoms with Gasteiger partial charge in [0.1, 0.15) is 6.10 Å². The SMILES string of the molecule is CCn1nccc1[C@@H]1OCCC[C@H]1CNC(=O)Nc1cnn(-c2ncccn2)c1. The molecule has 2 amide bonds. The molecule has 1 fully saturated rings. The van der Waals surface area contributed by atoms with Gasteiger partial charge in [-0.15, -0.1) is 0 Å². The summed E-state index contributed by atoms with van der Waals surface area (Å²) in [6.45, 7) is 4.09. The Morgan fingerprint density at radius 2 is 2.14 bits per heavy atom. The Labute approximate surface area is 168 Å². The minimum Gasteiger partial charge on any atom is -0.372 e. The van der Waals surface area contributed by atoms with Gasteiger partial charge in [-0.2, -0.15) is 10.2 Å². The second-order valence-electron chi connectivity index (χ2n) is 6.82. The van der Waals surface area contributed by atoms with Gasteiger partial charge in [0.15, 0.2) is 0 Å². The van der Waals surface area contributed by atoms with Crippen molar-refractivity contribution in [2.45, 2.75) is 32.4 Å². The molecule has 1 aliphatic rings. The van der Waals surface area contributed by atoms with Crippen molar-refractivity contribution in [3.63, 3.8) is 0 Å². The lowest BCUT2D eigenvalue weighted by molar-refractivity contribution is -0.0317. The number of nitrogens with zero attached hydrogens (tertiary/aromatic N) is 6. The quantitative estimate of drug-likeness (QED) is 0.660. The molecule has 4 rings (SSSR count). The maximum absolute atomic E-state index is 12.4. The van der Waals surface area contributed by atoms with E-state index in [9.17, 15) is 4.79 Å². The summed E-state index contributed by atoms with van der Waals surface area (Å²) in [4.78, 5) is 20.6. The van der Waals surface area contributed by atoms with E-state index in [1.54, 1.807) is 37.1 Å². The second-order valence-corrected chi connectivity index (χ2v) is 6.82. The number of aryl methyl sites for hydroxylation is 1. The van der Waals surface area contributed by atoms with Crippen molar-refractivity contribution in [2.24, 2.45) is 5.92 Å². The summed E-state index contributed by atoms with van der Waals surface area (Å²) in [5.41, 5.74) is 1.62. The molecule has 3 aromatic rings. The third-order valence-electron chi connectivity index (χ3n) is 4.91. The molecule has 2 atom stereocenters. The van der Waals surface area contributed by atoms with Crippen molar-refractivity contribution in [1.29, 1.82) is 0 Å². The zero-order chi connectivity index (χ0) is 20.1. The summed E-state index contributed by atoms with van der Waals surface area (Å²) < 4.78 is 9.47. The Balaban J connectivity index is 1.34. The number of carbonyl (C=O) groups is 1. The summed E-state index contributed by atoms with van der Waals surface area (Å²) >= 11 is 0. The fraction of sp³-hybridized carbons (Fsp3) is 0.421. The number of aromatic nitrogens is 6. The van der Waals surface area contributed by atoms with Crippen LogP contribution < -0.4 is 10.6 Å². The van der Waals surface area contributed by atoms with Gasteiger partial charge >= 0.3 is 6.03 Å². The van der Waals surface area contributed by atoms with Crippen molar-refractivity contribution in [3.8, 4) is 5.95 Å². The van der Waals surface area contributed by atoms with E-state index >= 15 is 0 Å². The van der Waals surface area contributed by atoms with Crippen LogP contribution in [0.15, 0.2) is 43.1 Å². The van der Waals surface area contributed by atoms with Gasteiger partial charge in [0.25, 0.3) is 0 Å². The molecule has 3 aromatic heterocycles. The first-order chi connectivity index (χ1) is 14.2. The number of amides is 2. The maximum atomic E-state index is 12.4. The van der Waals surface area contributed by atoms with E-state index in [1.807, 2.05) is 10.7 Å². The molecule has 1 saturated heterocycles. The maximum Gasteiger partial charge on any atom is 0.319 e. The highest BCUT2D eigenvalue weighted by Crippen LogP contribution is 2.33. The molecule has 0 bridgehead atoms. The highest BCUT2D eigenvalue weighted by molar-refractivity contribution is 5.88. The topological polar surface area (TPSA) is 112 Å². The van der Waals surface area contributed by atoms with Gasteiger partial charge in [-0.05, 0) is 31.9 Å². The molecule has 0 aromatic carbocycles. The number of hydrogen-bond donors (Lipinski definition) is 2. The number of rotatable bonds is 6. The molecular formula is C19H24N8O2. The van der Waals surface area contributed by atoms with E-state index in [0.29, 0.717) is 18.2 Å². The van der Waals surface area contributed by atoms with Gasteiger partial charge in [0.2, 0.25) is 5.95 Å². The molecule has 0 radical (unpaired) electrons. The van der Waals surface area contributed by atoms with Crippen LogP contribution in [0.5, 0.6) is 0 Å². The molecule has 10 nitrogen and oxygen atoms in total. The van der Waals surface area contributed by atoms with Crippen molar-refractivity contribution in [3.05, 3.63) is 48.8 Å². The van der Waals surface area contributed by atoms with Crippen LogP contribution in [-0.2, 0) is 11.3 Å². The number of hydrogen-bond acceptors (Lipinski definition) is 6. The predicted molar refractivity (Wildman–Crippen MR) is 105 cm³/mol. The molecule has 0 unspecified atom stereocenters. The van der Waals surface area contributed by atoms with E-state index in [0.717, 1.165) is 31.7 Å². The molecule has 29 heavy (non-hydrogen) atoms. The predicted octanol–water partition coefficient (Wildman–Crippen LogP) is 2.17. The van der Waals surface area contributed by atoms with Gasteiger partial charge in [0.05, 0.1) is 23.8 Å². The molecule has 0 aliphatic carbocycles. The van der Waals surface area contributed by atoms with Crippen LogP contribution in [0.4, 0.5) is 10.5 Å². The smallest absolute Gasteiger partial charge is 0.319 e. The minimum atomic E-state index is -0.285. The van der Waals surface area contributed by atoms with Crippen LogP contribution in [-0.4, -0.2) is 48.7 Å². The van der Waals surface area contributed by atoms with Gasteiger partial charge in [-0.3, -0.25) is 4.68 Å². The molecule has 0 spiro atoms. The largest absolute Gasteiger partial charge is 0.372 e. The lowest BCUT2D eigenvalue weighted by Crippen LogP contribution is -2.37. The first-order valence-electron chi connectivity index (χ1n) is 9.75. The van der Waals surface area contributed by atoms with Crippen LogP contribution in [0, 0.1) is 5.92 Å². The van der Waals surface area contributed by atoms with Crippen LogP contribution in [0.25, 0.3) is 5.95 Å². The monoisotopic (exact) mass is 396 g/mol. The molecule has 152 valence electrons. The third-order valence-corrected chi connectivity index (χ3v) is 4.91. The molecule has 4 heterocycles. The van der Waals surface area contributed by atoms with E-state index in [2.05, 4.69) is 37.7 Å². The summed E-state index contributed by atoms with van der Waals surface area (Å²) in [6, 6.07) is 3.44. The van der Waals surface area contributed by atoms with Crippen LogP contribution in [0.1, 0.15) is 31.6 Å². The van der Waals surface area contributed by atoms with Gasteiger partial charge < -0.3 is 15.4 Å². The van der Waals surface area contributed by atoms with Crippen LogP contribution >= 0.6 is 0 Å². The van der Waals surface area contributed by atoms with Crippen molar-refractivity contribution < 1.29 is 9.53 Å². The third kappa shape index (κ3) is 4.43. The Morgan fingerprint density at radius 1 is 1.28 bits per heavy atom. The average Bonchev–Trinajstić information content (AvgIpc) is 3.42. The summed E-state index contributed by atoms with van der Waals surface area (Å²) in [7, 11) is 0. The first kappa shape index (κ1) is 19.1. The number of carbonyl (C=O) groups excluding carboxylic acids is 1. The number of nitrogens with one attached hydrogen (secondary N) is 2. The highest BCUT2D eigenvalue weighted by Gasteiger charge is 2.30. The van der Waals surface area contributed by atoms with Crippen LogP contribution in [0.2, 0.25) is 0 Å². The normalized spacial score (nSPS) is 19.1. The zero-order valence-corrected chi connectivity index (χ0v) is 16.2. The lowest BCUT2D eigenvalue weighted by atomic mass is 9.92. The van der Waals surface area contributed by atoms with Crippen molar-refractivity contribution >= 4 is 11.7 Å². The fourth-order valence-corrected chi connectivity index (χ4v) is 3.53. The summed E-state index contributed by atoms with van der Waals surface area (Å²) in [5, 5.41) is 14.3. The Morgan fingerprint density at radius 3 is 2.97 bits per heavy atom. The van der Waals surface area contributed by atoms with Gasteiger partial charge in [-0.25, -0.2) is 19.4 Å². The van der Waals surface area contributed by atoms with E-state index in [4.69, 9.17) is 4.74 Å². The molecule has 1 aliphatic heterocycles. The molecule has 0 saturated carbocycles. The highest BCUT2D eigenvalue weighted by atomic mass is 16.5. The summed E-state index contributed by atoms with van der Waals surface area (Å²) in [6.07, 6.45) is 10.2. The van der Waals surface area contributed by atoms with Crippen molar-refractivity contribution in [1.82, 2.24) is 34.8 Å². The zero-order valence-electron chi connectivity index (χ0n) is 16.2. The Bertz CT molecular complexity index is 939. The van der Waals surface area contributed by atoms with Gasteiger partial charge in [0, 0.05) is 44.2 Å².